The number of hydrogen-bond acceptors (Lipinski definition) is 3. The smallest absolute Gasteiger partial charge is 0.166 e. The summed E-state index contributed by atoms with van der Waals surface area (Å²) in [7, 11) is 0. The third-order valence-corrected chi connectivity index (χ3v) is 3.42. The molecule has 20 heavy (non-hydrogen) atoms. The lowest BCUT2D eigenvalue weighted by atomic mass is 9.96. The molecule has 104 valence electrons. The van der Waals surface area contributed by atoms with E-state index in [1.807, 2.05) is 25.1 Å². The van der Waals surface area contributed by atoms with Crippen molar-refractivity contribution in [2.45, 2.75) is 13.0 Å². The number of rotatable bonds is 2. The summed E-state index contributed by atoms with van der Waals surface area (Å²) in [4.78, 5) is 0. The van der Waals surface area contributed by atoms with Crippen LogP contribution >= 0.6 is 0 Å². The number of hydrogen-bond donors (Lipinski definition) is 1. The first kappa shape index (κ1) is 12.9. The van der Waals surface area contributed by atoms with Crippen molar-refractivity contribution in [3.05, 3.63) is 58.9 Å². The van der Waals surface area contributed by atoms with Gasteiger partial charge in [-0.15, -0.1) is 0 Å². The number of nitrogens with two attached hydrogens (primary N) is 1. The number of para-hydroxylation sites is 1. The highest BCUT2D eigenvalue weighted by molar-refractivity contribution is 5.51. The van der Waals surface area contributed by atoms with E-state index in [0.717, 1.165) is 11.1 Å². The summed E-state index contributed by atoms with van der Waals surface area (Å²) in [5.74, 6) is 0.974. The number of ether oxygens (including phenoxy) is 2. The van der Waals surface area contributed by atoms with Crippen molar-refractivity contribution in [2.75, 3.05) is 13.2 Å². The van der Waals surface area contributed by atoms with Gasteiger partial charge in [-0.1, -0.05) is 29.8 Å². The highest BCUT2D eigenvalue weighted by atomic mass is 19.1. The second kappa shape index (κ2) is 5.13. The lowest BCUT2D eigenvalue weighted by Gasteiger charge is -2.24. The minimum atomic E-state index is -0.577. The molecule has 2 N–H and O–H groups in total. The molecule has 1 aliphatic rings. The van der Waals surface area contributed by atoms with Gasteiger partial charge in [0.05, 0.1) is 6.04 Å². The topological polar surface area (TPSA) is 44.5 Å². The first-order valence-corrected chi connectivity index (χ1v) is 6.57. The van der Waals surface area contributed by atoms with Crippen molar-refractivity contribution in [3.63, 3.8) is 0 Å². The molecule has 1 heterocycles. The molecule has 0 saturated heterocycles. The Labute approximate surface area is 117 Å². The fraction of sp³-hybridized carbons (Fsp3) is 0.250. The zero-order valence-corrected chi connectivity index (χ0v) is 11.2. The van der Waals surface area contributed by atoms with Gasteiger partial charge in [0.25, 0.3) is 0 Å². The molecule has 2 aromatic rings. The number of halogens is 1. The molecular formula is C16H16FNO2. The molecule has 0 aromatic heterocycles. The van der Waals surface area contributed by atoms with E-state index in [0.29, 0.717) is 30.3 Å². The monoisotopic (exact) mass is 273 g/mol. The zero-order valence-electron chi connectivity index (χ0n) is 11.2. The Balaban J connectivity index is 2.06. The molecule has 0 aliphatic carbocycles. The second-order valence-corrected chi connectivity index (χ2v) is 4.87. The van der Waals surface area contributed by atoms with Crippen LogP contribution in [0.4, 0.5) is 4.39 Å². The quantitative estimate of drug-likeness (QED) is 0.915. The Hall–Kier alpha value is -2.07. The minimum absolute atomic E-state index is 0.308. The predicted octanol–water partition coefficient (Wildman–Crippen LogP) is 2.95. The molecule has 0 amide bonds. The Kier molecular flexibility index (Phi) is 3.32. The molecule has 1 atom stereocenters. The van der Waals surface area contributed by atoms with Crippen LogP contribution in [-0.4, -0.2) is 13.2 Å². The van der Waals surface area contributed by atoms with E-state index >= 15 is 0 Å². The summed E-state index contributed by atoms with van der Waals surface area (Å²) < 4.78 is 25.2. The summed E-state index contributed by atoms with van der Waals surface area (Å²) in [5, 5.41) is 0. The molecule has 0 bridgehead atoms. The standard InChI is InChI=1S/C16H16FNO2/c1-10-5-6-13(17)12(9-10)15(18)11-3-2-4-14-16(11)20-8-7-19-14/h2-6,9,15H,7-8,18H2,1H3. The summed E-state index contributed by atoms with van der Waals surface area (Å²) in [6.45, 7) is 2.91. The van der Waals surface area contributed by atoms with Crippen LogP contribution in [0.1, 0.15) is 22.7 Å². The van der Waals surface area contributed by atoms with Gasteiger partial charge >= 0.3 is 0 Å². The summed E-state index contributed by atoms with van der Waals surface area (Å²) in [6.07, 6.45) is 0. The van der Waals surface area contributed by atoms with Gasteiger partial charge in [0.1, 0.15) is 19.0 Å². The van der Waals surface area contributed by atoms with Crippen LogP contribution in [0.15, 0.2) is 36.4 Å². The van der Waals surface area contributed by atoms with Crippen LogP contribution < -0.4 is 15.2 Å². The van der Waals surface area contributed by atoms with Crippen molar-refractivity contribution in [3.8, 4) is 11.5 Å². The second-order valence-electron chi connectivity index (χ2n) is 4.87. The van der Waals surface area contributed by atoms with Crippen LogP contribution in [-0.2, 0) is 0 Å². The van der Waals surface area contributed by atoms with E-state index in [1.54, 1.807) is 12.1 Å². The molecule has 0 radical (unpaired) electrons. The number of benzene rings is 2. The zero-order chi connectivity index (χ0) is 14.1. The first-order chi connectivity index (χ1) is 9.66. The molecule has 1 aliphatic heterocycles. The molecule has 0 fully saturated rings. The summed E-state index contributed by atoms with van der Waals surface area (Å²) >= 11 is 0. The summed E-state index contributed by atoms with van der Waals surface area (Å²) in [5.41, 5.74) is 8.41. The van der Waals surface area contributed by atoms with Gasteiger partial charge in [-0.25, -0.2) is 4.39 Å². The molecule has 1 unspecified atom stereocenters. The molecule has 4 heteroatoms. The normalized spacial score (nSPS) is 14.9. The van der Waals surface area contributed by atoms with E-state index in [9.17, 15) is 4.39 Å². The minimum Gasteiger partial charge on any atom is -0.486 e. The number of fused-ring (bicyclic) bond motifs is 1. The predicted molar refractivity (Wildman–Crippen MR) is 74.6 cm³/mol. The van der Waals surface area contributed by atoms with E-state index < -0.39 is 6.04 Å². The van der Waals surface area contributed by atoms with Crippen LogP contribution in [0.3, 0.4) is 0 Å². The maximum atomic E-state index is 14.0. The van der Waals surface area contributed by atoms with Crippen molar-refractivity contribution >= 4 is 0 Å². The maximum Gasteiger partial charge on any atom is 0.166 e. The Morgan fingerprint density at radius 2 is 1.90 bits per heavy atom. The maximum absolute atomic E-state index is 14.0. The highest BCUT2D eigenvalue weighted by Gasteiger charge is 2.22. The van der Waals surface area contributed by atoms with Gasteiger partial charge in [-0.2, -0.15) is 0 Å². The van der Waals surface area contributed by atoms with Gasteiger partial charge in [0.2, 0.25) is 0 Å². The Bertz CT molecular complexity index is 642. The van der Waals surface area contributed by atoms with Crippen molar-refractivity contribution in [2.24, 2.45) is 5.73 Å². The molecule has 0 saturated carbocycles. The molecule has 2 aromatic carbocycles. The van der Waals surface area contributed by atoms with Crippen molar-refractivity contribution in [1.82, 2.24) is 0 Å². The lowest BCUT2D eigenvalue weighted by molar-refractivity contribution is 0.169. The van der Waals surface area contributed by atoms with Gasteiger partial charge in [0.15, 0.2) is 11.5 Å². The van der Waals surface area contributed by atoms with Crippen molar-refractivity contribution < 1.29 is 13.9 Å². The van der Waals surface area contributed by atoms with Gasteiger partial charge in [-0.05, 0) is 19.1 Å². The van der Waals surface area contributed by atoms with Crippen molar-refractivity contribution in [1.29, 1.82) is 0 Å². The lowest BCUT2D eigenvalue weighted by Crippen LogP contribution is -2.20. The van der Waals surface area contributed by atoms with E-state index in [-0.39, 0.29) is 5.82 Å². The highest BCUT2D eigenvalue weighted by Crippen LogP contribution is 2.38. The molecule has 3 rings (SSSR count). The van der Waals surface area contributed by atoms with Gasteiger partial charge < -0.3 is 15.2 Å². The van der Waals surface area contributed by atoms with E-state index in [2.05, 4.69) is 0 Å². The fourth-order valence-corrected chi connectivity index (χ4v) is 2.41. The third-order valence-electron chi connectivity index (χ3n) is 3.42. The fourth-order valence-electron chi connectivity index (χ4n) is 2.41. The van der Waals surface area contributed by atoms with Crippen LogP contribution in [0, 0.1) is 12.7 Å². The van der Waals surface area contributed by atoms with E-state index in [1.165, 1.54) is 6.07 Å². The Morgan fingerprint density at radius 3 is 2.75 bits per heavy atom. The molecule has 3 nitrogen and oxygen atoms in total. The van der Waals surface area contributed by atoms with Crippen LogP contribution in [0.5, 0.6) is 11.5 Å². The summed E-state index contributed by atoms with van der Waals surface area (Å²) in [6, 6.07) is 9.88. The van der Waals surface area contributed by atoms with Gasteiger partial charge in [-0.3, -0.25) is 0 Å². The third kappa shape index (κ3) is 2.23. The van der Waals surface area contributed by atoms with Crippen LogP contribution in [0.25, 0.3) is 0 Å². The largest absolute Gasteiger partial charge is 0.486 e. The molecule has 0 spiro atoms. The van der Waals surface area contributed by atoms with Crippen LogP contribution in [0.2, 0.25) is 0 Å². The average molecular weight is 273 g/mol. The first-order valence-electron chi connectivity index (χ1n) is 6.57. The molecular weight excluding hydrogens is 257 g/mol. The van der Waals surface area contributed by atoms with Gasteiger partial charge in [0, 0.05) is 11.1 Å². The Morgan fingerprint density at radius 1 is 1.10 bits per heavy atom. The average Bonchev–Trinajstić information content (AvgIpc) is 2.48. The SMILES string of the molecule is Cc1ccc(F)c(C(N)c2cccc3c2OCCO3)c1. The van der Waals surface area contributed by atoms with E-state index in [4.69, 9.17) is 15.2 Å². The number of aryl methyl sites for hydroxylation is 1.